The highest BCUT2D eigenvalue weighted by Crippen LogP contribution is 2.37. The van der Waals surface area contributed by atoms with E-state index in [0.29, 0.717) is 5.92 Å². The van der Waals surface area contributed by atoms with Gasteiger partial charge in [-0.2, -0.15) is 13.2 Å². The van der Waals surface area contributed by atoms with E-state index in [2.05, 4.69) is 34.6 Å². The molecule has 1 unspecified atom stereocenters. The Labute approximate surface area is 224 Å². The summed E-state index contributed by atoms with van der Waals surface area (Å²) in [6.45, 7) is 1.96. The zero-order valence-electron chi connectivity index (χ0n) is 21.7. The van der Waals surface area contributed by atoms with Crippen LogP contribution < -0.4 is 10.1 Å². The van der Waals surface area contributed by atoms with Gasteiger partial charge in [0.05, 0.1) is 30.9 Å². The molecule has 1 saturated carbocycles. The number of carbonyl (C=O) groups is 2. The third-order valence-corrected chi connectivity index (χ3v) is 6.71. The van der Waals surface area contributed by atoms with Gasteiger partial charge in [-0.15, -0.1) is 0 Å². The third-order valence-electron chi connectivity index (χ3n) is 6.71. The van der Waals surface area contributed by atoms with Gasteiger partial charge < -0.3 is 19.7 Å². The van der Waals surface area contributed by atoms with E-state index in [0.717, 1.165) is 47.5 Å². The number of nitrogens with zero attached hydrogens (tertiary/aromatic N) is 2. The normalized spacial score (nSPS) is 16.6. The van der Waals surface area contributed by atoms with Gasteiger partial charge in [0.2, 0.25) is 5.91 Å². The predicted octanol–water partition coefficient (Wildman–Crippen LogP) is 5.81. The molecule has 10 heteroatoms. The second-order valence-electron chi connectivity index (χ2n) is 9.74. The van der Waals surface area contributed by atoms with Crippen LogP contribution in [0.15, 0.2) is 60.6 Å². The summed E-state index contributed by atoms with van der Waals surface area (Å²) >= 11 is 0. The van der Waals surface area contributed by atoms with Crippen LogP contribution in [-0.4, -0.2) is 39.8 Å². The number of carbonyl (C=O) groups excluding carboxylic acids is 1. The number of nitrogens with one attached hydrogen (secondary N) is 1. The number of halogens is 3. The first-order chi connectivity index (χ1) is 18.5. The van der Waals surface area contributed by atoms with Crippen molar-refractivity contribution in [2.24, 2.45) is 5.92 Å². The zero-order chi connectivity index (χ0) is 28.2. The molecule has 1 fully saturated rings. The Bertz CT molecular complexity index is 1380. The highest BCUT2D eigenvalue weighted by Gasteiger charge is 2.38. The van der Waals surface area contributed by atoms with E-state index in [4.69, 9.17) is 14.6 Å². The number of rotatable bonds is 7. The number of hydrogen-bond acceptors (Lipinski definition) is 4. The molecule has 39 heavy (non-hydrogen) atoms. The molecular weight excluding hydrogens is 511 g/mol. The Hall–Kier alpha value is -4.08. The second kappa shape index (κ2) is 11.8. The van der Waals surface area contributed by atoms with Gasteiger partial charge in [-0.05, 0) is 79.8 Å². The standard InChI is InChI=1S/C27H29N3O2.C2HF3O2/c1-18-16-30(17-28-18)25-12-9-20(15-26(25)32-2)14-22(13-19-7-8-19)27(31)29-24-11-10-21-5-3-4-6-23(21)24;3-2(4,5)1(6)7/h3-6,9,12,14-17,19,24H,7-8,10-11,13H2,1-2H3,(H,29,31);(H,6,7)/b22-14+;. The van der Waals surface area contributed by atoms with Gasteiger partial charge in [-0.1, -0.05) is 30.3 Å². The molecule has 1 amide bonds. The fourth-order valence-electron chi connectivity index (χ4n) is 4.56. The number of aromatic nitrogens is 2. The highest BCUT2D eigenvalue weighted by atomic mass is 19.4. The molecule has 7 nitrogen and oxygen atoms in total. The summed E-state index contributed by atoms with van der Waals surface area (Å²) in [5.41, 5.74) is 6.31. The lowest BCUT2D eigenvalue weighted by molar-refractivity contribution is -0.192. The zero-order valence-corrected chi connectivity index (χ0v) is 21.7. The lowest BCUT2D eigenvalue weighted by atomic mass is 10.0. The Morgan fingerprint density at radius 3 is 2.51 bits per heavy atom. The molecule has 1 heterocycles. The quantitative estimate of drug-likeness (QED) is 0.368. The summed E-state index contributed by atoms with van der Waals surface area (Å²) in [7, 11) is 1.67. The molecule has 2 aromatic carbocycles. The first-order valence-electron chi connectivity index (χ1n) is 12.6. The summed E-state index contributed by atoms with van der Waals surface area (Å²) in [4.78, 5) is 26.5. The molecule has 3 aromatic rings. The summed E-state index contributed by atoms with van der Waals surface area (Å²) in [5, 5.41) is 10.4. The largest absolute Gasteiger partial charge is 0.495 e. The fourth-order valence-corrected chi connectivity index (χ4v) is 4.56. The van der Waals surface area contributed by atoms with Crippen LogP contribution in [0.1, 0.15) is 54.1 Å². The molecule has 5 rings (SSSR count). The average molecular weight is 542 g/mol. The number of alkyl halides is 3. The van der Waals surface area contributed by atoms with Crippen LogP contribution in [0.2, 0.25) is 0 Å². The number of amides is 1. The first-order valence-corrected chi connectivity index (χ1v) is 12.6. The maximum Gasteiger partial charge on any atom is 0.490 e. The Morgan fingerprint density at radius 2 is 1.90 bits per heavy atom. The molecule has 1 atom stereocenters. The molecule has 1 aromatic heterocycles. The minimum Gasteiger partial charge on any atom is -0.495 e. The Kier molecular flexibility index (Phi) is 8.42. The van der Waals surface area contributed by atoms with Gasteiger partial charge >= 0.3 is 12.1 Å². The molecule has 0 saturated heterocycles. The minimum atomic E-state index is -5.08. The molecule has 0 aliphatic heterocycles. The lowest BCUT2D eigenvalue weighted by Crippen LogP contribution is -2.28. The third kappa shape index (κ3) is 7.28. The maximum absolute atomic E-state index is 13.3. The second-order valence-corrected chi connectivity index (χ2v) is 9.74. The smallest absolute Gasteiger partial charge is 0.490 e. The molecule has 2 N–H and O–H groups in total. The number of ether oxygens (including phenoxy) is 1. The molecular formula is C29H30F3N3O4. The van der Waals surface area contributed by atoms with Crippen molar-refractivity contribution in [1.82, 2.24) is 14.9 Å². The van der Waals surface area contributed by atoms with Crippen LogP contribution in [0.4, 0.5) is 13.2 Å². The highest BCUT2D eigenvalue weighted by molar-refractivity contribution is 5.98. The predicted molar refractivity (Wildman–Crippen MR) is 140 cm³/mol. The number of imidazole rings is 1. The van der Waals surface area contributed by atoms with Gasteiger partial charge in [0.25, 0.3) is 0 Å². The lowest BCUT2D eigenvalue weighted by Gasteiger charge is -2.16. The van der Waals surface area contributed by atoms with E-state index < -0.39 is 12.1 Å². The summed E-state index contributed by atoms with van der Waals surface area (Å²) < 4.78 is 39.3. The average Bonchev–Trinajstić information content (AvgIpc) is 3.47. The van der Waals surface area contributed by atoms with Crippen molar-refractivity contribution in [3.05, 3.63) is 82.9 Å². The minimum absolute atomic E-state index is 0.0480. The number of carboxylic acids is 1. The number of hydrogen-bond donors (Lipinski definition) is 2. The van der Waals surface area contributed by atoms with Gasteiger partial charge in [0.1, 0.15) is 5.75 Å². The van der Waals surface area contributed by atoms with E-state index in [1.54, 1.807) is 13.4 Å². The van der Waals surface area contributed by atoms with Crippen LogP contribution in [0.25, 0.3) is 11.8 Å². The number of fused-ring (bicyclic) bond motifs is 1. The molecule has 0 radical (unpaired) electrons. The Morgan fingerprint density at radius 1 is 1.18 bits per heavy atom. The number of aryl methyl sites for hydroxylation is 2. The van der Waals surface area contributed by atoms with Crippen molar-refractivity contribution in [3.8, 4) is 11.4 Å². The van der Waals surface area contributed by atoms with E-state index in [1.165, 1.54) is 24.0 Å². The summed E-state index contributed by atoms with van der Waals surface area (Å²) in [6, 6.07) is 14.6. The van der Waals surface area contributed by atoms with Crippen LogP contribution in [0, 0.1) is 12.8 Å². The molecule has 2 aliphatic rings. The maximum atomic E-state index is 13.3. The van der Waals surface area contributed by atoms with Crippen molar-refractivity contribution in [3.63, 3.8) is 0 Å². The van der Waals surface area contributed by atoms with Crippen molar-refractivity contribution < 1.29 is 32.6 Å². The SMILES string of the molecule is COc1cc(/C=C(\CC2CC2)C(=O)NC2CCc3ccccc32)ccc1-n1cnc(C)c1.O=C(O)C(F)(F)F. The number of carboxylic acid groups (broad SMARTS) is 1. The van der Waals surface area contributed by atoms with Crippen molar-refractivity contribution >= 4 is 18.0 Å². The van der Waals surface area contributed by atoms with E-state index in [9.17, 15) is 18.0 Å². The fraction of sp³-hybridized carbons (Fsp3) is 0.345. The Balaban J connectivity index is 0.000000448. The number of aliphatic carboxylic acids is 1. The van der Waals surface area contributed by atoms with Gasteiger partial charge in [0.15, 0.2) is 0 Å². The van der Waals surface area contributed by atoms with Gasteiger partial charge in [-0.25, -0.2) is 9.78 Å². The molecule has 2 aliphatic carbocycles. The van der Waals surface area contributed by atoms with Crippen LogP contribution in [0.5, 0.6) is 5.75 Å². The van der Waals surface area contributed by atoms with Crippen molar-refractivity contribution in [2.75, 3.05) is 7.11 Å². The molecule has 0 bridgehead atoms. The van der Waals surface area contributed by atoms with Crippen molar-refractivity contribution in [2.45, 2.75) is 51.2 Å². The topological polar surface area (TPSA) is 93.5 Å². The van der Waals surface area contributed by atoms with E-state index >= 15 is 0 Å². The molecule has 206 valence electrons. The van der Waals surface area contributed by atoms with Gasteiger partial charge in [0, 0.05) is 11.8 Å². The summed E-state index contributed by atoms with van der Waals surface area (Å²) in [6.07, 6.45) is 5.93. The molecule has 0 spiro atoms. The van der Waals surface area contributed by atoms with E-state index in [1.807, 2.05) is 42.0 Å². The summed E-state index contributed by atoms with van der Waals surface area (Å²) in [5.74, 6) is -1.33. The van der Waals surface area contributed by atoms with Crippen molar-refractivity contribution in [1.29, 1.82) is 0 Å². The number of methoxy groups -OCH3 is 1. The van der Waals surface area contributed by atoms with Crippen LogP contribution in [-0.2, 0) is 16.0 Å². The van der Waals surface area contributed by atoms with Crippen LogP contribution >= 0.6 is 0 Å². The first kappa shape index (κ1) is 27.9. The van der Waals surface area contributed by atoms with Crippen LogP contribution in [0.3, 0.4) is 0 Å². The van der Waals surface area contributed by atoms with Gasteiger partial charge in [-0.3, -0.25) is 4.79 Å². The van der Waals surface area contributed by atoms with E-state index in [-0.39, 0.29) is 11.9 Å². The monoisotopic (exact) mass is 541 g/mol. The number of benzene rings is 2.